The zero-order valence-electron chi connectivity index (χ0n) is 19.4. The summed E-state index contributed by atoms with van der Waals surface area (Å²) in [5.74, 6) is 0.330. The largest absolute Gasteiger partial charge is 0.493 e. The molecule has 0 unspecified atom stereocenters. The van der Waals surface area contributed by atoms with Crippen molar-refractivity contribution in [3.63, 3.8) is 0 Å². The monoisotopic (exact) mass is 491 g/mol. The predicted octanol–water partition coefficient (Wildman–Crippen LogP) is 3.19. The van der Waals surface area contributed by atoms with E-state index in [1.807, 2.05) is 31.3 Å². The van der Waals surface area contributed by atoms with E-state index in [9.17, 15) is 9.59 Å². The van der Waals surface area contributed by atoms with Crippen LogP contribution in [0.3, 0.4) is 0 Å². The molecule has 0 aliphatic carbocycles. The Morgan fingerprint density at radius 1 is 1.20 bits per heavy atom. The van der Waals surface area contributed by atoms with Crippen molar-refractivity contribution in [2.75, 3.05) is 19.0 Å². The molecular weight excluding hydrogens is 466 g/mol. The van der Waals surface area contributed by atoms with Gasteiger partial charge in [-0.2, -0.15) is 5.10 Å². The fourth-order valence-corrected chi connectivity index (χ4v) is 3.74. The fraction of sp³-hybridized carbons (Fsp3) is 0.200. The summed E-state index contributed by atoms with van der Waals surface area (Å²) in [4.78, 5) is 26.6. The van der Waals surface area contributed by atoms with Crippen LogP contribution in [-0.2, 0) is 22.7 Å². The molecule has 1 fully saturated rings. The highest BCUT2D eigenvalue weighted by atomic mass is 32.1. The molecule has 0 spiro atoms. The molecule has 9 nitrogen and oxygen atoms in total. The lowest BCUT2D eigenvalue weighted by Gasteiger charge is -2.12. The number of rotatable bonds is 9. The first-order valence-corrected chi connectivity index (χ1v) is 11.4. The van der Waals surface area contributed by atoms with Gasteiger partial charge in [0, 0.05) is 24.0 Å². The fourth-order valence-electron chi connectivity index (χ4n) is 3.48. The maximum atomic E-state index is 12.9. The predicted molar refractivity (Wildman–Crippen MR) is 136 cm³/mol. The number of carbonyl (C=O) groups excluding carboxylic acids is 2. The maximum Gasteiger partial charge on any atom is 0.276 e. The summed E-state index contributed by atoms with van der Waals surface area (Å²) in [5, 5.41) is 10.3. The minimum atomic E-state index is -0.289. The summed E-state index contributed by atoms with van der Waals surface area (Å²) < 4.78 is 12.9. The smallest absolute Gasteiger partial charge is 0.276 e. The third-order valence-electron chi connectivity index (χ3n) is 5.23. The average molecular weight is 492 g/mol. The third kappa shape index (κ3) is 5.85. The molecule has 3 aromatic rings. The minimum absolute atomic E-state index is 0.177. The number of aryl methyl sites for hydroxylation is 1. The van der Waals surface area contributed by atoms with Crippen LogP contribution in [0.4, 0.5) is 5.69 Å². The van der Waals surface area contributed by atoms with E-state index >= 15 is 0 Å². The summed E-state index contributed by atoms with van der Waals surface area (Å²) in [6.07, 6.45) is 5.31. The molecule has 0 radical (unpaired) electrons. The highest BCUT2D eigenvalue weighted by molar-refractivity contribution is 7.80. The first-order valence-electron chi connectivity index (χ1n) is 11.0. The van der Waals surface area contributed by atoms with Crippen LogP contribution in [-0.4, -0.2) is 45.3 Å². The van der Waals surface area contributed by atoms with E-state index in [2.05, 4.69) is 15.7 Å². The van der Waals surface area contributed by atoms with Crippen LogP contribution in [0.2, 0.25) is 0 Å². The summed E-state index contributed by atoms with van der Waals surface area (Å²) >= 11 is 5.36. The molecule has 2 aromatic carbocycles. The van der Waals surface area contributed by atoms with Gasteiger partial charge in [-0.05, 0) is 55.0 Å². The number of nitrogens with zero attached hydrogens (tertiary/aromatic N) is 3. The van der Waals surface area contributed by atoms with Crippen LogP contribution in [0.5, 0.6) is 11.5 Å². The molecule has 0 saturated carbocycles. The van der Waals surface area contributed by atoms with Gasteiger partial charge in [-0.25, -0.2) is 0 Å². The van der Waals surface area contributed by atoms with Crippen molar-refractivity contribution in [3.8, 4) is 11.5 Å². The van der Waals surface area contributed by atoms with Crippen molar-refractivity contribution in [1.82, 2.24) is 20.0 Å². The lowest BCUT2D eigenvalue weighted by molar-refractivity contribution is -0.122. The Bertz CT molecular complexity index is 1270. The van der Waals surface area contributed by atoms with Crippen molar-refractivity contribution in [2.24, 2.45) is 0 Å². The first kappa shape index (κ1) is 24.0. The number of amides is 2. The molecule has 35 heavy (non-hydrogen) atoms. The Morgan fingerprint density at radius 2 is 2.00 bits per heavy atom. The molecule has 4 rings (SSSR count). The number of methoxy groups -OCH3 is 1. The summed E-state index contributed by atoms with van der Waals surface area (Å²) in [6, 6.07) is 14.3. The number of anilines is 1. The Labute approximate surface area is 208 Å². The molecule has 2 amide bonds. The zero-order valence-corrected chi connectivity index (χ0v) is 20.2. The standard InChI is InChI=1S/C25H25N5O4S/c1-3-29-14-18(13-26-29)15-30-24(32)20(28-25(30)35)11-17-9-10-21(22(12-17)33-2)34-16-23(31)27-19-7-5-4-6-8-19/h4-14H,3,15-16H2,1-2H3,(H,27,31)(H,28,35)/b20-11+. The van der Waals surface area contributed by atoms with E-state index in [4.69, 9.17) is 21.7 Å². The topological polar surface area (TPSA) is 97.7 Å². The van der Waals surface area contributed by atoms with Crippen LogP contribution in [0.15, 0.2) is 66.6 Å². The zero-order chi connectivity index (χ0) is 24.8. The number of benzene rings is 2. The number of nitrogens with one attached hydrogen (secondary N) is 2. The number of carbonyl (C=O) groups is 2. The van der Waals surface area contributed by atoms with Gasteiger partial charge >= 0.3 is 0 Å². The Morgan fingerprint density at radius 3 is 2.71 bits per heavy atom. The van der Waals surface area contributed by atoms with Gasteiger partial charge in [0.2, 0.25) is 0 Å². The molecule has 1 saturated heterocycles. The second-order valence-corrected chi connectivity index (χ2v) is 8.08. The van der Waals surface area contributed by atoms with Gasteiger partial charge in [0.05, 0.1) is 19.9 Å². The number of para-hydroxylation sites is 1. The van der Waals surface area contributed by atoms with Crippen LogP contribution in [0.25, 0.3) is 6.08 Å². The van der Waals surface area contributed by atoms with E-state index in [0.717, 1.165) is 12.1 Å². The molecular formula is C25H25N5O4S. The number of hydrogen-bond acceptors (Lipinski definition) is 6. The molecule has 1 aliphatic heterocycles. The van der Waals surface area contributed by atoms with Crippen molar-refractivity contribution in [1.29, 1.82) is 0 Å². The Balaban J connectivity index is 1.41. The molecule has 2 heterocycles. The van der Waals surface area contributed by atoms with Crippen molar-refractivity contribution < 1.29 is 19.1 Å². The SMILES string of the molecule is CCn1cc(CN2C(=O)/C(=C\c3ccc(OCC(=O)Nc4ccccc4)c(OC)c3)NC2=S)cn1. The van der Waals surface area contributed by atoms with Gasteiger partial charge in [-0.3, -0.25) is 19.2 Å². The van der Waals surface area contributed by atoms with E-state index in [1.54, 1.807) is 47.3 Å². The molecule has 1 aliphatic rings. The molecule has 0 atom stereocenters. The van der Waals surface area contributed by atoms with E-state index in [0.29, 0.717) is 40.1 Å². The molecule has 180 valence electrons. The highest BCUT2D eigenvalue weighted by Crippen LogP contribution is 2.29. The van der Waals surface area contributed by atoms with Gasteiger partial charge in [0.15, 0.2) is 23.2 Å². The lowest BCUT2D eigenvalue weighted by Crippen LogP contribution is -2.29. The van der Waals surface area contributed by atoms with Crippen molar-refractivity contribution in [3.05, 3.63) is 77.7 Å². The van der Waals surface area contributed by atoms with Gasteiger partial charge in [-0.15, -0.1) is 0 Å². The number of hydrogen-bond donors (Lipinski definition) is 2. The molecule has 2 N–H and O–H groups in total. The van der Waals surface area contributed by atoms with Crippen molar-refractivity contribution in [2.45, 2.75) is 20.0 Å². The summed E-state index contributed by atoms with van der Waals surface area (Å²) in [5.41, 5.74) is 2.65. The summed E-state index contributed by atoms with van der Waals surface area (Å²) in [6.45, 7) is 2.91. The normalized spacial score (nSPS) is 14.2. The lowest BCUT2D eigenvalue weighted by atomic mass is 10.1. The maximum absolute atomic E-state index is 12.9. The van der Waals surface area contributed by atoms with Crippen LogP contribution in [0.1, 0.15) is 18.1 Å². The van der Waals surface area contributed by atoms with Crippen molar-refractivity contribution >= 4 is 40.9 Å². The molecule has 10 heteroatoms. The molecule has 0 bridgehead atoms. The number of thiocarbonyl (C=S) groups is 1. The van der Waals surface area contributed by atoms with Crippen LogP contribution in [0, 0.1) is 0 Å². The first-order chi connectivity index (χ1) is 17.0. The van der Waals surface area contributed by atoms with Crippen LogP contribution < -0.4 is 20.1 Å². The summed E-state index contributed by atoms with van der Waals surface area (Å²) in [7, 11) is 1.51. The van der Waals surface area contributed by atoms with Gasteiger partial charge in [-0.1, -0.05) is 24.3 Å². The Kier molecular flexibility index (Phi) is 7.41. The van der Waals surface area contributed by atoms with Crippen LogP contribution >= 0.6 is 12.2 Å². The Hall–Kier alpha value is -4.18. The van der Waals surface area contributed by atoms with Gasteiger partial charge in [0.1, 0.15) is 5.70 Å². The highest BCUT2D eigenvalue weighted by Gasteiger charge is 2.31. The second-order valence-electron chi connectivity index (χ2n) is 7.70. The molecule has 1 aromatic heterocycles. The third-order valence-corrected chi connectivity index (χ3v) is 5.55. The van der Waals surface area contributed by atoms with Gasteiger partial charge in [0.25, 0.3) is 11.8 Å². The van der Waals surface area contributed by atoms with E-state index in [-0.39, 0.29) is 18.4 Å². The quantitative estimate of drug-likeness (QED) is 0.350. The second kappa shape index (κ2) is 10.8. The van der Waals surface area contributed by atoms with Gasteiger partial charge < -0.3 is 20.1 Å². The average Bonchev–Trinajstić information content (AvgIpc) is 3.43. The minimum Gasteiger partial charge on any atom is -0.493 e. The van der Waals surface area contributed by atoms with E-state index in [1.165, 1.54) is 12.0 Å². The van der Waals surface area contributed by atoms with E-state index < -0.39 is 0 Å². The number of ether oxygens (including phenoxy) is 2. The number of aromatic nitrogens is 2.